The van der Waals surface area contributed by atoms with Gasteiger partial charge < -0.3 is 9.73 Å². The van der Waals surface area contributed by atoms with Gasteiger partial charge in [0.05, 0.1) is 0 Å². The van der Waals surface area contributed by atoms with Crippen LogP contribution in [0.3, 0.4) is 0 Å². The minimum Gasteiger partial charge on any atom is -0.456 e. The van der Waals surface area contributed by atoms with Crippen molar-refractivity contribution in [2.24, 2.45) is 9.98 Å². The molecule has 0 bridgehead atoms. The Morgan fingerprint density at radius 1 is 0.451 bits per heavy atom. The maximum absolute atomic E-state index is 6.21. The lowest BCUT2D eigenvalue weighted by Gasteiger charge is -2.24. The van der Waals surface area contributed by atoms with Gasteiger partial charge in [-0.05, 0) is 79.7 Å². The lowest BCUT2D eigenvalue weighted by atomic mass is 9.96. The zero-order chi connectivity index (χ0) is 33.7. The minimum atomic E-state index is -0.308. The lowest BCUT2D eigenvalue weighted by Crippen LogP contribution is -2.33. The van der Waals surface area contributed by atoms with Gasteiger partial charge in [-0.2, -0.15) is 0 Å². The fraction of sp³-hybridized carbons (Fsp3) is 0.0213. The predicted molar refractivity (Wildman–Crippen MR) is 211 cm³/mol. The molecule has 1 aromatic heterocycles. The summed E-state index contributed by atoms with van der Waals surface area (Å²) in [4.78, 5) is 10.3. The molecule has 9 aromatic rings. The monoisotopic (exact) mass is 653 g/mol. The highest BCUT2D eigenvalue weighted by atomic mass is 16.3. The zero-order valence-corrected chi connectivity index (χ0v) is 27.6. The molecule has 4 nitrogen and oxygen atoms in total. The molecule has 240 valence electrons. The van der Waals surface area contributed by atoms with Crippen LogP contribution in [0, 0.1) is 0 Å². The SMILES string of the molecule is c1ccc(-c2ccc(C3N=C(c4ccc5ccccc5c4)N=C(c4ccc5ccc(-c6cccc7oc8ccccc8c67)cc5c4)N3)cc2)cc1. The average Bonchev–Trinajstić information content (AvgIpc) is 3.59. The van der Waals surface area contributed by atoms with Crippen LogP contribution < -0.4 is 5.32 Å². The smallest absolute Gasteiger partial charge is 0.159 e. The van der Waals surface area contributed by atoms with Crippen LogP contribution in [0.5, 0.6) is 0 Å². The molecule has 2 heterocycles. The van der Waals surface area contributed by atoms with Crippen molar-refractivity contribution in [2.45, 2.75) is 6.17 Å². The molecule has 1 unspecified atom stereocenters. The van der Waals surface area contributed by atoms with Gasteiger partial charge in [0.25, 0.3) is 0 Å². The zero-order valence-electron chi connectivity index (χ0n) is 27.6. The maximum atomic E-state index is 6.21. The molecule has 10 rings (SSSR count). The molecule has 0 saturated carbocycles. The third-order valence-electron chi connectivity index (χ3n) is 9.91. The van der Waals surface area contributed by atoms with E-state index in [2.05, 4.69) is 157 Å². The molecule has 1 aliphatic rings. The van der Waals surface area contributed by atoms with Gasteiger partial charge in [0, 0.05) is 21.9 Å². The topological polar surface area (TPSA) is 49.9 Å². The Morgan fingerprint density at radius 2 is 1.08 bits per heavy atom. The third kappa shape index (κ3) is 5.25. The number of aliphatic imine (C=N–C) groups is 2. The van der Waals surface area contributed by atoms with E-state index in [0.29, 0.717) is 5.84 Å². The summed E-state index contributed by atoms with van der Waals surface area (Å²) in [6.07, 6.45) is -0.308. The van der Waals surface area contributed by atoms with Crippen molar-refractivity contribution in [1.82, 2.24) is 5.32 Å². The number of hydrogen-bond acceptors (Lipinski definition) is 4. The first-order valence-electron chi connectivity index (χ1n) is 17.3. The van der Waals surface area contributed by atoms with Crippen molar-refractivity contribution in [3.63, 3.8) is 0 Å². The molecule has 4 heteroatoms. The first-order valence-corrected chi connectivity index (χ1v) is 17.3. The maximum Gasteiger partial charge on any atom is 0.159 e. The van der Waals surface area contributed by atoms with Crippen LogP contribution in [-0.2, 0) is 0 Å². The van der Waals surface area contributed by atoms with Crippen molar-refractivity contribution in [1.29, 1.82) is 0 Å². The largest absolute Gasteiger partial charge is 0.456 e. The highest BCUT2D eigenvalue weighted by Crippen LogP contribution is 2.37. The summed E-state index contributed by atoms with van der Waals surface area (Å²) in [5.41, 5.74) is 9.52. The Hall–Kier alpha value is -6.78. The molecule has 0 radical (unpaired) electrons. The normalized spacial score (nSPS) is 14.5. The van der Waals surface area contributed by atoms with Crippen molar-refractivity contribution >= 4 is 55.2 Å². The molecular formula is C47H31N3O. The first kappa shape index (κ1) is 29.2. The molecule has 51 heavy (non-hydrogen) atoms. The molecule has 0 spiro atoms. The molecule has 1 atom stereocenters. The second-order valence-corrected chi connectivity index (χ2v) is 13.1. The summed E-state index contributed by atoms with van der Waals surface area (Å²) in [5.74, 6) is 1.50. The van der Waals surface area contributed by atoms with E-state index >= 15 is 0 Å². The van der Waals surface area contributed by atoms with E-state index in [-0.39, 0.29) is 6.17 Å². The molecule has 1 aliphatic heterocycles. The first-order chi connectivity index (χ1) is 25.2. The Balaban J connectivity index is 1.07. The van der Waals surface area contributed by atoms with Gasteiger partial charge in [0.2, 0.25) is 0 Å². The highest BCUT2D eigenvalue weighted by molar-refractivity contribution is 6.15. The van der Waals surface area contributed by atoms with Gasteiger partial charge in [0.1, 0.15) is 23.2 Å². The summed E-state index contributed by atoms with van der Waals surface area (Å²) in [7, 11) is 0. The van der Waals surface area contributed by atoms with Gasteiger partial charge in [-0.3, -0.25) is 0 Å². The highest BCUT2D eigenvalue weighted by Gasteiger charge is 2.22. The summed E-state index contributed by atoms with van der Waals surface area (Å²) in [6.45, 7) is 0. The number of fused-ring (bicyclic) bond motifs is 5. The van der Waals surface area contributed by atoms with E-state index in [1.54, 1.807) is 0 Å². The Morgan fingerprint density at radius 3 is 1.94 bits per heavy atom. The third-order valence-corrected chi connectivity index (χ3v) is 9.91. The number of para-hydroxylation sites is 1. The van der Waals surface area contributed by atoms with E-state index in [4.69, 9.17) is 14.4 Å². The molecule has 1 N–H and O–H groups in total. The van der Waals surface area contributed by atoms with Crippen LogP contribution in [0.15, 0.2) is 190 Å². The standard InChI is InChI=1S/C47H31N3O/c1-2-9-30(10-3-1)32-17-22-34(23-18-32)45-48-46(37-25-20-31-11-4-5-12-35(31)27-37)50-47(49-45)38-26-21-33-19-24-36(28-39(33)29-38)40-14-8-16-43-44(40)41-13-6-7-15-42(41)51-43/h1-29,45H,(H,48,49,50). The van der Waals surface area contributed by atoms with Gasteiger partial charge in [-0.15, -0.1) is 0 Å². The second-order valence-electron chi connectivity index (χ2n) is 13.1. The molecule has 0 aliphatic carbocycles. The second kappa shape index (κ2) is 12.0. The number of benzene rings is 8. The van der Waals surface area contributed by atoms with Crippen LogP contribution in [0.1, 0.15) is 22.9 Å². The molecule has 0 fully saturated rings. The quantitative estimate of drug-likeness (QED) is 0.201. The van der Waals surface area contributed by atoms with Crippen molar-refractivity contribution in [3.05, 3.63) is 193 Å². The van der Waals surface area contributed by atoms with E-state index in [0.717, 1.165) is 66.4 Å². The van der Waals surface area contributed by atoms with E-state index in [1.807, 2.05) is 24.3 Å². The van der Waals surface area contributed by atoms with Gasteiger partial charge in [0.15, 0.2) is 5.84 Å². The number of furan rings is 1. The van der Waals surface area contributed by atoms with E-state index in [1.165, 1.54) is 21.9 Å². The summed E-state index contributed by atoms with van der Waals surface area (Å²) >= 11 is 0. The molecule has 0 saturated heterocycles. The Bertz CT molecular complexity index is 2830. The van der Waals surface area contributed by atoms with Crippen LogP contribution in [0.2, 0.25) is 0 Å². The lowest BCUT2D eigenvalue weighted by molar-refractivity contribution is 0.669. The fourth-order valence-corrected chi connectivity index (χ4v) is 7.29. The molecule has 8 aromatic carbocycles. The number of nitrogens with one attached hydrogen (secondary N) is 1. The van der Waals surface area contributed by atoms with Crippen molar-refractivity contribution in [2.75, 3.05) is 0 Å². The van der Waals surface area contributed by atoms with Crippen molar-refractivity contribution < 1.29 is 4.42 Å². The van der Waals surface area contributed by atoms with Gasteiger partial charge >= 0.3 is 0 Å². The minimum absolute atomic E-state index is 0.308. The fourth-order valence-electron chi connectivity index (χ4n) is 7.29. The summed E-state index contributed by atoms with van der Waals surface area (Å²) in [6, 6.07) is 61.8. The van der Waals surface area contributed by atoms with Gasteiger partial charge in [-0.1, -0.05) is 146 Å². The van der Waals surface area contributed by atoms with Crippen LogP contribution >= 0.6 is 0 Å². The van der Waals surface area contributed by atoms with Crippen LogP contribution in [0.4, 0.5) is 0 Å². The average molecular weight is 654 g/mol. The van der Waals surface area contributed by atoms with Crippen LogP contribution in [0.25, 0.3) is 65.7 Å². The number of amidine groups is 2. The van der Waals surface area contributed by atoms with Gasteiger partial charge in [-0.25, -0.2) is 9.98 Å². The summed E-state index contributed by atoms with van der Waals surface area (Å²) < 4.78 is 6.21. The number of rotatable bonds is 5. The molecular weight excluding hydrogens is 623 g/mol. The van der Waals surface area contributed by atoms with Crippen molar-refractivity contribution in [3.8, 4) is 22.3 Å². The predicted octanol–water partition coefficient (Wildman–Crippen LogP) is 11.7. The van der Waals surface area contributed by atoms with E-state index < -0.39 is 0 Å². The Kier molecular flexibility index (Phi) is 6.85. The van der Waals surface area contributed by atoms with E-state index in [9.17, 15) is 0 Å². The number of hydrogen-bond donors (Lipinski definition) is 1. The Labute approximate surface area is 295 Å². The van der Waals surface area contributed by atoms with Crippen LogP contribution in [-0.4, -0.2) is 11.7 Å². The summed E-state index contributed by atoms with van der Waals surface area (Å²) in [5, 5.41) is 10.6. The number of nitrogens with zero attached hydrogens (tertiary/aromatic N) is 2. The molecule has 0 amide bonds.